The van der Waals surface area contributed by atoms with Gasteiger partial charge in [-0.2, -0.15) is 0 Å². The zero-order valence-corrected chi connectivity index (χ0v) is 13.5. The number of benzene rings is 1. The molecule has 0 radical (unpaired) electrons. The van der Waals surface area contributed by atoms with Gasteiger partial charge in [0.2, 0.25) is 5.91 Å². The Hall–Kier alpha value is -2.21. The number of nitrogens with zero attached hydrogens (tertiary/aromatic N) is 2. The molecule has 2 aromatic rings. The molecule has 1 aromatic carbocycles. The molecule has 1 heterocycles. The Morgan fingerprint density at radius 3 is 3.09 bits per heavy atom. The van der Waals surface area contributed by atoms with E-state index in [1.165, 1.54) is 12.1 Å². The minimum absolute atomic E-state index is 0.154. The van der Waals surface area contributed by atoms with Gasteiger partial charge in [-0.25, -0.2) is 9.37 Å². The van der Waals surface area contributed by atoms with Gasteiger partial charge in [0.1, 0.15) is 17.7 Å². The summed E-state index contributed by atoms with van der Waals surface area (Å²) in [6.07, 6.45) is 2.54. The summed E-state index contributed by atoms with van der Waals surface area (Å²) in [4.78, 5) is 16.3. The zero-order chi connectivity index (χ0) is 16.8. The number of imidazole rings is 1. The van der Waals surface area contributed by atoms with E-state index in [4.69, 9.17) is 4.74 Å². The molecule has 0 saturated carbocycles. The summed E-state index contributed by atoms with van der Waals surface area (Å²) < 4.78 is 20.5. The van der Waals surface area contributed by atoms with Gasteiger partial charge in [-0.3, -0.25) is 4.79 Å². The average Bonchev–Trinajstić information content (AvgIpc) is 2.83. The quantitative estimate of drug-likeness (QED) is 0.600. The molecule has 5 nitrogen and oxygen atoms in total. The maximum absolute atomic E-state index is 13.2. The topological polar surface area (TPSA) is 56.1 Å². The van der Waals surface area contributed by atoms with E-state index >= 15 is 0 Å². The van der Waals surface area contributed by atoms with Crippen molar-refractivity contribution in [3.8, 4) is 0 Å². The monoisotopic (exact) mass is 319 g/mol. The standard InChI is InChI=1S/C17H22FN3O2/c1-4-5-10-23-12(2)17(22)19-9-8-16-20-14-11-13(18)6-7-15(14)21(16)3/h4,6-7,11-12H,1,5,8-10H2,2-3H3,(H,19,22). The van der Waals surface area contributed by atoms with Crippen LogP contribution < -0.4 is 5.32 Å². The van der Waals surface area contributed by atoms with Crippen molar-refractivity contribution in [2.24, 2.45) is 7.05 Å². The van der Waals surface area contributed by atoms with Gasteiger partial charge in [0.15, 0.2) is 0 Å². The third-order valence-corrected chi connectivity index (χ3v) is 3.64. The van der Waals surface area contributed by atoms with Gasteiger partial charge in [-0.15, -0.1) is 6.58 Å². The van der Waals surface area contributed by atoms with Crippen molar-refractivity contribution in [3.05, 3.63) is 42.5 Å². The van der Waals surface area contributed by atoms with Crippen LogP contribution in [0.3, 0.4) is 0 Å². The molecule has 0 aliphatic heterocycles. The van der Waals surface area contributed by atoms with Gasteiger partial charge in [0.25, 0.3) is 0 Å². The van der Waals surface area contributed by atoms with Crippen LogP contribution in [-0.4, -0.2) is 34.7 Å². The molecule has 23 heavy (non-hydrogen) atoms. The van der Waals surface area contributed by atoms with Gasteiger partial charge in [-0.1, -0.05) is 6.08 Å². The maximum Gasteiger partial charge on any atom is 0.248 e. The predicted octanol–water partition coefficient (Wildman–Crippen LogP) is 2.35. The highest BCUT2D eigenvalue weighted by Crippen LogP contribution is 2.16. The molecule has 1 atom stereocenters. The van der Waals surface area contributed by atoms with Crippen LogP contribution in [0.4, 0.5) is 4.39 Å². The Balaban J connectivity index is 1.87. The highest BCUT2D eigenvalue weighted by Gasteiger charge is 2.13. The second kappa shape index (κ2) is 7.87. The van der Waals surface area contributed by atoms with Crippen LogP contribution in [0, 0.1) is 5.82 Å². The highest BCUT2D eigenvalue weighted by molar-refractivity contribution is 5.80. The summed E-state index contributed by atoms with van der Waals surface area (Å²) in [5, 5.41) is 2.82. The number of rotatable bonds is 8. The fourth-order valence-electron chi connectivity index (χ4n) is 2.29. The minimum Gasteiger partial charge on any atom is -0.368 e. The first-order valence-corrected chi connectivity index (χ1v) is 7.64. The number of hydrogen-bond donors (Lipinski definition) is 1. The Labute approximate surface area is 135 Å². The predicted molar refractivity (Wildman–Crippen MR) is 87.6 cm³/mol. The van der Waals surface area contributed by atoms with Crippen LogP contribution in [0.2, 0.25) is 0 Å². The molecule has 0 spiro atoms. The SMILES string of the molecule is C=CCCOC(C)C(=O)NCCc1nc2cc(F)ccc2n1C. The number of nitrogens with one attached hydrogen (secondary N) is 1. The average molecular weight is 319 g/mol. The van der Waals surface area contributed by atoms with Crippen molar-refractivity contribution < 1.29 is 13.9 Å². The number of amides is 1. The van der Waals surface area contributed by atoms with Crippen LogP contribution in [0.5, 0.6) is 0 Å². The summed E-state index contributed by atoms with van der Waals surface area (Å²) in [5.41, 5.74) is 1.49. The van der Waals surface area contributed by atoms with Crippen molar-refractivity contribution in [3.63, 3.8) is 0 Å². The number of fused-ring (bicyclic) bond motifs is 1. The number of carbonyl (C=O) groups is 1. The third-order valence-electron chi connectivity index (χ3n) is 3.64. The molecule has 0 aliphatic carbocycles. The van der Waals surface area contributed by atoms with E-state index < -0.39 is 6.10 Å². The van der Waals surface area contributed by atoms with E-state index in [2.05, 4.69) is 16.9 Å². The summed E-state index contributed by atoms with van der Waals surface area (Å²) >= 11 is 0. The largest absolute Gasteiger partial charge is 0.368 e. The van der Waals surface area contributed by atoms with Gasteiger partial charge in [0, 0.05) is 26.1 Å². The number of carbonyl (C=O) groups excluding carboxylic acids is 1. The lowest BCUT2D eigenvalue weighted by atomic mass is 10.3. The number of halogens is 1. The molecular weight excluding hydrogens is 297 g/mol. The van der Waals surface area contributed by atoms with Crippen LogP contribution in [0.25, 0.3) is 11.0 Å². The van der Waals surface area contributed by atoms with E-state index in [0.29, 0.717) is 31.5 Å². The lowest BCUT2D eigenvalue weighted by Gasteiger charge is -2.12. The van der Waals surface area contributed by atoms with Crippen molar-refractivity contribution in [2.45, 2.75) is 25.9 Å². The van der Waals surface area contributed by atoms with Crippen LogP contribution in [-0.2, 0) is 23.0 Å². The van der Waals surface area contributed by atoms with E-state index in [1.807, 2.05) is 11.6 Å². The Bertz CT molecular complexity index is 696. The molecule has 0 bridgehead atoms. The lowest BCUT2D eigenvalue weighted by Crippen LogP contribution is -2.36. The van der Waals surface area contributed by atoms with Crippen LogP contribution >= 0.6 is 0 Å². The molecule has 1 unspecified atom stereocenters. The van der Waals surface area contributed by atoms with Crippen molar-refractivity contribution in [1.29, 1.82) is 0 Å². The van der Waals surface area contributed by atoms with E-state index in [9.17, 15) is 9.18 Å². The molecular formula is C17H22FN3O2. The summed E-state index contributed by atoms with van der Waals surface area (Å²) in [6.45, 7) is 6.25. The first-order valence-electron chi connectivity index (χ1n) is 7.64. The second-order valence-electron chi connectivity index (χ2n) is 5.35. The minimum atomic E-state index is -0.496. The number of aryl methyl sites for hydroxylation is 1. The molecule has 0 fully saturated rings. The number of ether oxygens (including phenoxy) is 1. The van der Waals surface area contributed by atoms with Crippen LogP contribution in [0.15, 0.2) is 30.9 Å². The fourth-order valence-corrected chi connectivity index (χ4v) is 2.29. The zero-order valence-electron chi connectivity index (χ0n) is 13.5. The van der Waals surface area contributed by atoms with Gasteiger partial charge in [0.05, 0.1) is 17.6 Å². The molecule has 1 aromatic heterocycles. The van der Waals surface area contributed by atoms with Crippen molar-refractivity contribution in [2.75, 3.05) is 13.2 Å². The maximum atomic E-state index is 13.2. The normalized spacial score (nSPS) is 12.3. The smallest absolute Gasteiger partial charge is 0.248 e. The fraction of sp³-hybridized carbons (Fsp3) is 0.412. The molecule has 1 amide bonds. The van der Waals surface area contributed by atoms with E-state index in [1.54, 1.807) is 19.1 Å². The van der Waals surface area contributed by atoms with Gasteiger partial charge >= 0.3 is 0 Å². The Kier molecular flexibility index (Phi) is 5.87. The summed E-state index contributed by atoms with van der Waals surface area (Å²) in [5.74, 6) is 0.339. The highest BCUT2D eigenvalue weighted by atomic mass is 19.1. The van der Waals surface area contributed by atoms with E-state index in [0.717, 1.165) is 11.3 Å². The van der Waals surface area contributed by atoms with Crippen molar-refractivity contribution >= 4 is 16.9 Å². The third kappa shape index (κ3) is 4.39. The first kappa shape index (κ1) is 17.1. The Morgan fingerprint density at radius 1 is 1.57 bits per heavy atom. The lowest BCUT2D eigenvalue weighted by molar-refractivity contribution is -0.131. The van der Waals surface area contributed by atoms with E-state index in [-0.39, 0.29) is 11.7 Å². The molecule has 6 heteroatoms. The number of hydrogen-bond acceptors (Lipinski definition) is 3. The Morgan fingerprint density at radius 2 is 2.35 bits per heavy atom. The van der Waals surface area contributed by atoms with Crippen molar-refractivity contribution in [1.82, 2.24) is 14.9 Å². The molecule has 0 aliphatic rings. The molecule has 2 rings (SSSR count). The second-order valence-corrected chi connectivity index (χ2v) is 5.35. The number of aromatic nitrogens is 2. The first-order chi connectivity index (χ1) is 11.0. The van der Waals surface area contributed by atoms with Gasteiger partial charge < -0.3 is 14.6 Å². The van der Waals surface area contributed by atoms with Crippen LogP contribution in [0.1, 0.15) is 19.2 Å². The summed E-state index contributed by atoms with van der Waals surface area (Å²) in [7, 11) is 1.88. The van der Waals surface area contributed by atoms with Gasteiger partial charge in [-0.05, 0) is 25.5 Å². The summed E-state index contributed by atoms with van der Waals surface area (Å²) in [6, 6.07) is 4.53. The molecule has 124 valence electrons. The molecule has 0 saturated heterocycles. The molecule has 1 N–H and O–H groups in total.